The summed E-state index contributed by atoms with van der Waals surface area (Å²) in [6, 6.07) is 8.06. The Kier molecular flexibility index (Phi) is 5.26. The van der Waals surface area contributed by atoms with Crippen LogP contribution in [0.4, 0.5) is 0 Å². The van der Waals surface area contributed by atoms with Gasteiger partial charge in [-0.15, -0.1) is 0 Å². The molecule has 2 aromatic rings. The van der Waals surface area contributed by atoms with Crippen molar-refractivity contribution >= 4 is 22.9 Å². The second kappa shape index (κ2) is 7.59. The maximum atomic E-state index is 11.6. The number of ether oxygens (including phenoxy) is 1. The van der Waals surface area contributed by atoms with E-state index in [1.807, 2.05) is 18.2 Å². The molecular formula is C19H25N3O3. The lowest BCUT2D eigenvalue weighted by Crippen LogP contribution is -2.46. The smallest absolute Gasteiger partial charge is 0.308 e. The number of aryl methyl sites for hydroxylation is 1. The molecular weight excluding hydrogens is 318 g/mol. The number of carbonyl (C=O) groups is 1. The van der Waals surface area contributed by atoms with Crippen molar-refractivity contribution < 1.29 is 13.9 Å². The molecule has 1 N–H and O–H groups in total. The predicted octanol–water partition coefficient (Wildman–Crippen LogP) is 2.70. The van der Waals surface area contributed by atoms with Gasteiger partial charge in [0.1, 0.15) is 11.3 Å². The van der Waals surface area contributed by atoms with Gasteiger partial charge in [-0.25, -0.2) is 0 Å². The van der Waals surface area contributed by atoms with Crippen LogP contribution in [0.2, 0.25) is 0 Å². The van der Waals surface area contributed by atoms with Gasteiger partial charge in [0.2, 0.25) is 0 Å². The van der Waals surface area contributed by atoms with Crippen molar-refractivity contribution in [3.05, 3.63) is 35.6 Å². The Hall–Kier alpha value is -2.50. The third-order valence-electron chi connectivity index (χ3n) is 4.89. The van der Waals surface area contributed by atoms with E-state index in [4.69, 9.17) is 9.15 Å². The number of methoxy groups -OCH3 is 1. The highest BCUT2D eigenvalue weighted by molar-refractivity contribution is 5.83. The summed E-state index contributed by atoms with van der Waals surface area (Å²) in [4.78, 5) is 18.2. The van der Waals surface area contributed by atoms with E-state index in [0.29, 0.717) is 6.54 Å². The molecule has 6 heteroatoms. The van der Waals surface area contributed by atoms with E-state index in [-0.39, 0.29) is 11.9 Å². The summed E-state index contributed by atoms with van der Waals surface area (Å²) in [7, 11) is 3.23. The van der Waals surface area contributed by atoms with E-state index in [1.54, 1.807) is 7.05 Å². The number of carbonyl (C=O) groups excluding carboxylic acids is 1. The molecule has 25 heavy (non-hydrogen) atoms. The number of piperidine rings is 1. The number of guanidine groups is 1. The number of hydrogen-bond donors (Lipinski definition) is 1. The molecule has 2 heterocycles. The van der Waals surface area contributed by atoms with Crippen molar-refractivity contribution in [1.29, 1.82) is 0 Å². The molecule has 0 amide bonds. The molecule has 0 atom stereocenters. The predicted molar refractivity (Wildman–Crippen MR) is 97.5 cm³/mol. The largest absolute Gasteiger partial charge is 0.469 e. The van der Waals surface area contributed by atoms with E-state index in [0.717, 1.165) is 54.2 Å². The van der Waals surface area contributed by atoms with Crippen molar-refractivity contribution in [2.75, 3.05) is 27.2 Å². The summed E-state index contributed by atoms with van der Waals surface area (Å²) in [6.45, 7) is 4.24. The molecule has 1 aromatic carbocycles. The number of aliphatic imine (C=N–C) groups is 1. The van der Waals surface area contributed by atoms with Crippen LogP contribution in [0.25, 0.3) is 11.0 Å². The Morgan fingerprint density at radius 3 is 2.72 bits per heavy atom. The third kappa shape index (κ3) is 3.62. The molecule has 0 unspecified atom stereocenters. The summed E-state index contributed by atoms with van der Waals surface area (Å²) < 4.78 is 10.8. The number of nitrogens with one attached hydrogen (secondary N) is 1. The van der Waals surface area contributed by atoms with E-state index < -0.39 is 0 Å². The van der Waals surface area contributed by atoms with Crippen molar-refractivity contribution in [1.82, 2.24) is 10.2 Å². The summed E-state index contributed by atoms with van der Waals surface area (Å²) in [6.07, 6.45) is 1.58. The van der Waals surface area contributed by atoms with Crippen molar-refractivity contribution in [3.8, 4) is 0 Å². The van der Waals surface area contributed by atoms with Gasteiger partial charge in [-0.1, -0.05) is 18.2 Å². The minimum atomic E-state index is -0.111. The molecule has 3 rings (SSSR count). The Morgan fingerprint density at radius 1 is 1.36 bits per heavy atom. The molecule has 0 spiro atoms. The first-order valence-corrected chi connectivity index (χ1v) is 8.64. The van der Waals surface area contributed by atoms with E-state index in [2.05, 4.69) is 28.2 Å². The van der Waals surface area contributed by atoms with Gasteiger partial charge in [0.25, 0.3) is 0 Å². The molecule has 6 nitrogen and oxygen atoms in total. The van der Waals surface area contributed by atoms with Crippen molar-refractivity contribution in [2.24, 2.45) is 10.9 Å². The summed E-state index contributed by atoms with van der Waals surface area (Å²) in [5.41, 5.74) is 2.06. The average molecular weight is 343 g/mol. The molecule has 0 saturated carbocycles. The number of hydrogen-bond acceptors (Lipinski definition) is 4. The minimum Gasteiger partial charge on any atom is -0.469 e. The first-order chi connectivity index (χ1) is 12.1. The Morgan fingerprint density at radius 2 is 2.08 bits per heavy atom. The van der Waals surface area contributed by atoms with Crippen LogP contribution < -0.4 is 5.32 Å². The second-order valence-corrected chi connectivity index (χ2v) is 6.33. The maximum absolute atomic E-state index is 11.6. The summed E-state index contributed by atoms with van der Waals surface area (Å²) in [5, 5.41) is 4.53. The van der Waals surface area contributed by atoms with Crippen LogP contribution in [0.5, 0.6) is 0 Å². The summed E-state index contributed by atoms with van der Waals surface area (Å²) in [5.74, 6) is 1.65. The Bertz CT molecular complexity index is 773. The zero-order valence-electron chi connectivity index (χ0n) is 15.0. The van der Waals surface area contributed by atoms with Crippen molar-refractivity contribution in [2.45, 2.75) is 26.3 Å². The average Bonchev–Trinajstić information content (AvgIpc) is 2.98. The number of fused-ring (bicyclic) bond motifs is 1. The number of para-hydroxylation sites is 1. The molecule has 1 aromatic heterocycles. The highest BCUT2D eigenvalue weighted by Gasteiger charge is 2.27. The summed E-state index contributed by atoms with van der Waals surface area (Å²) >= 11 is 0. The lowest BCUT2D eigenvalue weighted by Gasteiger charge is -2.33. The fourth-order valence-corrected chi connectivity index (χ4v) is 3.38. The fraction of sp³-hybridized carbons (Fsp3) is 0.474. The van der Waals surface area contributed by atoms with Gasteiger partial charge in [0, 0.05) is 31.1 Å². The van der Waals surface area contributed by atoms with E-state index in [9.17, 15) is 4.79 Å². The van der Waals surface area contributed by atoms with Gasteiger partial charge < -0.3 is 19.4 Å². The number of rotatable bonds is 3. The number of nitrogens with zero attached hydrogens (tertiary/aromatic N) is 2. The van der Waals surface area contributed by atoms with Gasteiger partial charge in [-0.2, -0.15) is 0 Å². The van der Waals surface area contributed by atoms with Crippen LogP contribution in [0.15, 0.2) is 33.7 Å². The quantitative estimate of drug-likeness (QED) is 0.527. The van der Waals surface area contributed by atoms with Gasteiger partial charge in [-0.05, 0) is 25.8 Å². The monoisotopic (exact) mass is 343 g/mol. The standard InChI is InChI=1S/C19H25N3O3/c1-13-15-6-4-5-7-16(15)25-17(13)12-21-19(20-2)22-10-8-14(9-11-22)18(23)24-3/h4-7,14H,8-12H2,1-3H3,(H,20,21). The van der Waals surface area contributed by atoms with Gasteiger partial charge >= 0.3 is 5.97 Å². The molecule has 134 valence electrons. The van der Waals surface area contributed by atoms with E-state index >= 15 is 0 Å². The number of esters is 1. The molecule has 1 fully saturated rings. The van der Waals surface area contributed by atoms with Gasteiger partial charge in [0.05, 0.1) is 19.6 Å². The van der Waals surface area contributed by atoms with Gasteiger partial charge in [-0.3, -0.25) is 9.79 Å². The zero-order valence-corrected chi connectivity index (χ0v) is 15.0. The van der Waals surface area contributed by atoms with Crippen LogP contribution in [0, 0.1) is 12.8 Å². The Balaban J connectivity index is 1.61. The van der Waals surface area contributed by atoms with Crippen molar-refractivity contribution in [3.63, 3.8) is 0 Å². The van der Waals surface area contributed by atoms with Crippen LogP contribution >= 0.6 is 0 Å². The number of furan rings is 1. The Labute approximate surface area is 147 Å². The lowest BCUT2D eigenvalue weighted by molar-refractivity contribution is -0.146. The number of likely N-dealkylation sites (tertiary alicyclic amines) is 1. The van der Waals surface area contributed by atoms with Crippen LogP contribution in [-0.2, 0) is 16.1 Å². The maximum Gasteiger partial charge on any atom is 0.308 e. The first-order valence-electron chi connectivity index (χ1n) is 8.64. The first kappa shape index (κ1) is 17.3. The topological polar surface area (TPSA) is 67.1 Å². The molecule has 0 bridgehead atoms. The van der Waals surface area contributed by atoms with Gasteiger partial charge in [0.15, 0.2) is 5.96 Å². The SMILES string of the molecule is CN=C(NCc1oc2ccccc2c1C)N1CCC(C(=O)OC)CC1. The van der Waals surface area contributed by atoms with Crippen LogP contribution in [-0.4, -0.2) is 44.1 Å². The fourth-order valence-electron chi connectivity index (χ4n) is 3.38. The lowest BCUT2D eigenvalue weighted by atomic mass is 9.97. The second-order valence-electron chi connectivity index (χ2n) is 6.33. The van der Waals surface area contributed by atoms with E-state index in [1.165, 1.54) is 7.11 Å². The molecule has 1 saturated heterocycles. The highest BCUT2D eigenvalue weighted by Crippen LogP contribution is 2.25. The molecule has 0 radical (unpaired) electrons. The third-order valence-corrected chi connectivity index (χ3v) is 4.89. The minimum absolute atomic E-state index is 0.00280. The number of benzene rings is 1. The molecule has 0 aliphatic carbocycles. The normalized spacial score (nSPS) is 16.3. The highest BCUT2D eigenvalue weighted by atomic mass is 16.5. The molecule has 1 aliphatic heterocycles. The van der Waals surface area contributed by atoms with Crippen LogP contribution in [0.3, 0.4) is 0 Å². The molecule has 1 aliphatic rings. The zero-order chi connectivity index (χ0) is 17.8. The van der Waals surface area contributed by atoms with Crippen LogP contribution in [0.1, 0.15) is 24.2 Å².